The van der Waals surface area contributed by atoms with E-state index in [1.807, 2.05) is 6.07 Å². The number of carbonyl (C=O) groups excluding carboxylic acids is 1. The highest BCUT2D eigenvalue weighted by atomic mass is 35.5. The van der Waals surface area contributed by atoms with E-state index in [2.05, 4.69) is 10.6 Å². The lowest BCUT2D eigenvalue weighted by Crippen LogP contribution is -2.48. The number of rotatable bonds is 4. The van der Waals surface area contributed by atoms with Crippen LogP contribution in [0, 0.1) is 11.6 Å². The molecule has 2 aliphatic heterocycles. The fraction of sp³-hybridized carbons (Fsp3) is 0.381. The average molecular weight is 456 g/mol. The van der Waals surface area contributed by atoms with Crippen LogP contribution in [0.15, 0.2) is 24.3 Å². The van der Waals surface area contributed by atoms with Crippen molar-refractivity contribution in [1.82, 2.24) is 0 Å². The van der Waals surface area contributed by atoms with Gasteiger partial charge in [0.05, 0.1) is 27.0 Å². The summed E-state index contributed by atoms with van der Waals surface area (Å²) in [4.78, 5) is 13.4. The van der Waals surface area contributed by atoms with Gasteiger partial charge < -0.3 is 20.6 Å². The van der Waals surface area contributed by atoms with Crippen LogP contribution in [-0.2, 0) is 11.2 Å². The van der Waals surface area contributed by atoms with Crippen LogP contribution in [0.1, 0.15) is 24.8 Å². The zero-order valence-electron chi connectivity index (χ0n) is 16.1. The first-order chi connectivity index (χ1) is 14.3. The number of aliphatic hydroxyl groups is 1. The Morgan fingerprint density at radius 3 is 2.57 bits per heavy atom. The predicted octanol–water partition coefficient (Wildman–Crippen LogP) is 4.60. The van der Waals surface area contributed by atoms with Crippen molar-refractivity contribution in [3.63, 3.8) is 0 Å². The lowest BCUT2D eigenvalue weighted by Gasteiger charge is -2.39. The second kappa shape index (κ2) is 8.21. The summed E-state index contributed by atoms with van der Waals surface area (Å²) in [5, 5.41) is 17.3. The van der Waals surface area contributed by atoms with Crippen LogP contribution < -0.4 is 15.5 Å². The van der Waals surface area contributed by atoms with E-state index in [9.17, 15) is 18.7 Å². The van der Waals surface area contributed by atoms with Crippen molar-refractivity contribution in [2.75, 3.05) is 35.2 Å². The molecule has 1 saturated heterocycles. The smallest absolute Gasteiger partial charge is 0.224 e. The third-order valence-corrected chi connectivity index (χ3v) is 6.37. The van der Waals surface area contributed by atoms with Gasteiger partial charge in [-0.05, 0) is 37.5 Å². The molecular formula is C21H21Cl2F2N3O2. The molecule has 0 aromatic heterocycles. The Balaban J connectivity index is 1.42. The van der Waals surface area contributed by atoms with Gasteiger partial charge in [0.15, 0.2) is 0 Å². The van der Waals surface area contributed by atoms with E-state index in [-0.39, 0.29) is 16.6 Å². The van der Waals surface area contributed by atoms with E-state index in [0.717, 1.165) is 23.4 Å². The minimum atomic E-state index is -0.998. The van der Waals surface area contributed by atoms with Crippen molar-refractivity contribution in [1.29, 1.82) is 0 Å². The molecule has 0 unspecified atom stereocenters. The fourth-order valence-electron chi connectivity index (χ4n) is 3.97. The number of piperidine rings is 1. The second-order valence-electron chi connectivity index (χ2n) is 7.78. The van der Waals surface area contributed by atoms with E-state index < -0.39 is 17.2 Å². The van der Waals surface area contributed by atoms with Gasteiger partial charge >= 0.3 is 0 Å². The SMILES string of the molecule is O=C1CCc2c(NCC3(O)CCN(c4cc(F)c(Cl)cc4F)CC3)ccc(Cl)c2N1. The van der Waals surface area contributed by atoms with Crippen molar-refractivity contribution in [2.45, 2.75) is 31.3 Å². The monoisotopic (exact) mass is 455 g/mol. The number of halogens is 4. The lowest BCUT2D eigenvalue weighted by atomic mass is 9.90. The summed E-state index contributed by atoms with van der Waals surface area (Å²) in [6, 6.07) is 5.60. The Morgan fingerprint density at radius 2 is 1.83 bits per heavy atom. The molecule has 1 amide bonds. The van der Waals surface area contributed by atoms with Gasteiger partial charge in [0.2, 0.25) is 5.91 Å². The third-order valence-electron chi connectivity index (χ3n) is 5.76. The summed E-state index contributed by atoms with van der Waals surface area (Å²) in [6.07, 6.45) is 1.72. The van der Waals surface area contributed by atoms with Crippen LogP contribution in [0.4, 0.5) is 25.8 Å². The number of carbonyl (C=O) groups is 1. The molecule has 30 heavy (non-hydrogen) atoms. The highest BCUT2D eigenvalue weighted by Crippen LogP contribution is 2.37. The summed E-state index contributed by atoms with van der Waals surface area (Å²) >= 11 is 11.8. The Labute approximate surface area is 183 Å². The molecule has 0 spiro atoms. The average Bonchev–Trinajstić information content (AvgIpc) is 2.71. The Kier molecular flexibility index (Phi) is 5.79. The molecule has 9 heteroatoms. The van der Waals surface area contributed by atoms with Gasteiger partial charge in [-0.2, -0.15) is 0 Å². The van der Waals surface area contributed by atoms with Gasteiger partial charge in [-0.25, -0.2) is 8.78 Å². The van der Waals surface area contributed by atoms with E-state index in [4.69, 9.17) is 23.2 Å². The van der Waals surface area contributed by atoms with Crippen molar-refractivity contribution in [3.05, 3.63) is 51.5 Å². The van der Waals surface area contributed by atoms with Crippen molar-refractivity contribution in [3.8, 4) is 0 Å². The normalized spacial score (nSPS) is 18.0. The van der Waals surface area contributed by atoms with Crippen molar-refractivity contribution in [2.24, 2.45) is 0 Å². The fourth-order valence-corrected chi connectivity index (χ4v) is 4.35. The molecule has 0 atom stereocenters. The van der Waals surface area contributed by atoms with Crippen molar-refractivity contribution < 1.29 is 18.7 Å². The molecule has 0 radical (unpaired) electrons. The summed E-state index contributed by atoms with van der Waals surface area (Å²) in [5.41, 5.74) is 1.50. The predicted molar refractivity (Wildman–Crippen MR) is 115 cm³/mol. The zero-order chi connectivity index (χ0) is 21.5. The minimum Gasteiger partial charge on any atom is -0.388 e. The number of hydrogen-bond donors (Lipinski definition) is 3. The van der Waals surface area contributed by atoms with Crippen LogP contribution in [-0.4, -0.2) is 36.2 Å². The number of benzene rings is 2. The van der Waals surface area contributed by atoms with Gasteiger partial charge in [0.1, 0.15) is 11.6 Å². The van der Waals surface area contributed by atoms with E-state index in [1.54, 1.807) is 11.0 Å². The molecule has 1 fully saturated rings. The number of amides is 1. The molecule has 2 aliphatic rings. The maximum Gasteiger partial charge on any atom is 0.224 e. The number of nitrogens with zero attached hydrogens (tertiary/aromatic N) is 1. The standard InChI is InChI=1S/C21H21Cl2F2N3O2/c22-13-2-3-17(12-1-4-19(29)27-20(12)13)26-11-21(30)5-7-28(8-6-21)18-10-15(24)14(23)9-16(18)25/h2-3,9-10,26,30H,1,4-8,11H2,(H,27,29). The molecule has 2 aromatic carbocycles. The van der Waals surface area contributed by atoms with Crippen molar-refractivity contribution >= 4 is 46.2 Å². The second-order valence-corrected chi connectivity index (χ2v) is 8.59. The molecule has 0 aliphatic carbocycles. The van der Waals surface area contributed by atoms with Crippen LogP contribution >= 0.6 is 23.2 Å². The van der Waals surface area contributed by atoms with Gasteiger partial charge in [-0.1, -0.05) is 23.2 Å². The molecule has 0 bridgehead atoms. The van der Waals surface area contributed by atoms with E-state index in [0.29, 0.717) is 56.0 Å². The van der Waals surface area contributed by atoms with Crippen LogP contribution in [0.2, 0.25) is 10.0 Å². The zero-order valence-corrected chi connectivity index (χ0v) is 17.6. The number of hydrogen-bond acceptors (Lipinski definition) is 4. The van der Waals surface area contributed by atoms with E-state index in [1.165, 1.54) is 0 Å². The maximum atomic E-state index is 14.2. The number of nitrogens with one attached hydrogen (secondary N) is 2. The molecule has 2 heterocycles. The summed E-state index contributed by atoms with van der Waals surface area (Å²) < 4.78 is 27.9. The lowest BCUT2D eigenvalue weighted by molar-refractivity contribution is -0.116. The van der Waals surface area contributed by atoms with Gasteiger partial charge in [0.25, 0.3) is 0 Å². The highest BCUT2D eigenvalue weighted by Gasteiger charge is 2.33. The van der Waals surface area contributed by atoms with Gasteiger partial charge in [-0.15, -0.1) is 0 Å². The Hall–Kier alpha value is -2.09. The highest BCUT2D eigenvalue weighted by molar-refractivity contribution is 6.34. The Morgan fingerprint density at radius 1 is 1.10 bits per heavy atom. The van der Waals surface area contributed by atoms with Crippen LogP contribution in [0.5, 0.6) is 0 Å². The molecule has 4 rings (SSSR count). The molecule has 3 N–H and O–H groups in total. The maximum absolute atomic E-state index is 14.2. The Bertz CT molecular complexity index is 995. The first kappa shape index (κ1) is 21.2. The van der Waals surface area contributed by atoms with Gasteiger partial charge in [-0.3, -0.25) is 4.79 Å². The molecule has 5 nitrogen and oxygen atoms in total. The molecule has 160 valence electrons. The van der Waals surface area contributed by atoms with E-state index >= 15 is 0 Å². The minimum absolute atomic E-state index is 0.0709. The molecular weight excluding hydrogens is 435 g/mol. The topological polar surface area (TPSA) is 64.6 Å². The number of fused-ring (bicyclic) bond motifs is 1. The van der Waals surface area contributed by atoms with Gasteiger partial charge in [0, 0.05) is 43.4 Å². The quantitative estimate of drug-likeness (QED) is 0.589. The van der Waals surface area contributed by atoms with Crippen LogP contribution in [0.25, 0.3) is 0 Å². The van der Waals surface area contributed by atoms with Crippen LogP contribution in [0.3, 0.4) is 0 Å². The number of anilines is 3. The third kappa shape index (κ3) is 4.19. The first-order valence-electron chi connectivity index (χ1n) is 9.73. The molecule has 0 saturated carbocycles. The summed E-state index contributed by atoms with van der Waals surface area (Å²) in [7, 11) is 0. The summed E-state index contributed by atoms with van der Waals surface area (Å²) in [6.45, 7) is 1.05. The molecule has 2 aromatic rings. The first-order valence-corrected chi connectivity index (χ1v) is 10.5. The largest absolute Gasteiger partial charge is 0.388 e. The summed E-state index contributed by atoms with van der Waals surface area (Å²) in [5.74, 6) is -1.33.